The Hall–Kier alpha value is -2.08. The van der Waals surface area contributed by atoms with Crippen molar-refractivity contribution in [2.45, 2.75) is 39.3 Å². The summed E-state index contributed by atoms with van der Waals surface area (Å²) in [6.45, 7) is 5.12. The summed E-state index contributed by atoms with van der Waals surface area (Å²) in [4.78, 5) is 24.4. The molecule has 23 heavy (non-hydrogen) atoms. The topological polar surface area (TPSA) is 76.1 Å². The van der Waals surface area contributed by atoms with E-state index in [0.717, 1.165) is 29.7 Å². The number of carboxylic acid groups (broad SMARTS) is 1. The molecule has 6 heteroatoms. The summed E-state index contributed by atoms with van der Waals surface area (Å²) in [5.74, 6) is -0.501. The van der Waals surface area contributed by atoms with Gasteiger partial charge in [-0.15, -0.1) is 0 Å². The standard InChI is InChI=1S/C17H23NO5/c1-11-7-13(9-18-6-4-5-14(18)17(20)21)8-12(2)16(11)23-10-15(19)22-3/h7-8,14H,4-6,9-10H2,1-3H3,(H,20,21)/t14-/m0/s1. The maximum absolute atomic E-state index is 11.3. The molecule has 2 rings (SSSR count). The van der Waals surface area contributed by atoms with Gasteiger partial charge in [0, 0.05) is 6.54 Å². The number of hydrogen-bond acceptors (Lipinski definition) is 5. The van der Waals surface area contributed by atoms with Gasteiger partial charge in [0.05, 0.1) is 7.11 Å². The number of aryl methyl sites for hydroxylation is 2. The van der Waals surface area contributed by atoms with E-state index in [-0.39, 0.29) is 6.61 Å². The van der Waals surface area contributed by atoms with Crippen LogP contribution in [0.3, 0.4) is 0 Å². The first-order valence-electron chi connectivity index (χ1n) is 7.69. The molecule has 1 aromatic carbocycles. The number of benzene rings is 1. The first-order chi connectivity index (χ1) is 10.9. The molecule has 0 aliphatic carbocycles. The first kappa shape index (κ1) is 17.3. The highest BCUT2D eigenvalue weighted by atomic mass is 16.6. The summed E-state index contributed by atoms with van der Waals surface area (Å²) >= 11 is 0. The number of rotatable bonds is 6. The Morgan fingerprint density at radius 2 is 1.96 bits per heavy atom. The van der Waals surface area contributed by atoms with Crippen molar-refractivity contribution in [3.8, 4) is 5.75 Å². The van der Waals surface area contributed by atoms with Crippen molar-refractivity contribution >= 4 is 11.9 Å². The second-order valence-corrected chi connectivity index (χ2v) is 5.89. The third kappa shape index (κ3) is 4.22. The van der Waals surface area contributed by atoms with Crippen LogP contribution < -0.4 is 4.74 Å². The minimum atomic E-state index is -0.756. The van der Waals surface area contributed by atoms with Crippen molar-refractivity contribution in [1.82, 2.24) is 4.90 Å². The summed E-state index contributed by atoms with van der Waals surface area (Å²) in [5.41, 5.74) is 2.91. The molecule has 1 atom stereocenters. The van der Waals surface area contributed by atoms with Gasteiger partial charge in [0.1, 0.15) is 11.8 Å². The van der Waals surface area contributed by atoms with Crippen LogP contribution in [0.25, 0.3) is 0 Å². The van der Waals surface area contributed by atoms with E-state index in [1.165, 1.54) is 7.11 Å². The molecule has 1 fully saturated rings. The minimum Gasteiger partial charge on any atom is -0.481 e. The number of ether oxygens (including phenoxy) is 2. The second-order valence-electron chi connectivity index (χ2n) is 5.89. The first-order valence-corrected chi connectivity index (χ1v) is 7.69. The summed E-state index contributed by atoms with van der Waals surface area (Å²) in [5, 5.41) is 9.25. The maximum atomic E-state index is 11.3. The number of hydrogen-bond donors (Lipinski definition) is 1. The number of methoxy groups -OCH3 is 1. The van der Waals surface area contributed by atoms with E-state index in [2.05, 4.69) is 4.74 Å². The normalized spacial score (nSPS) is 18.0. The highest BCUT2D eigenvalue weighted by molar-refractivity contribution is 5.73. The number of carbonyl (C=O) groups excluding carboxylic acids is 1. The lowest BCUT2D eigenvalue weighted by molar-refractivity contribution is -0.143. The van der Waals surface area contributed by atoms with Crippen molar-refractivity contribution in [3.63, 3.8) is 0 Å². The van der Waals surface area contributed by atoms with E-state index >= 15 is 0 Å². The summed E-state index contributed by atoms with van der Waals surface area (Å²) < 4.78 is 10.1. The quantitative estimate of drug-likeness (QED) is 0.807. The van der Waals surface area contributed by atoms with Crippen molar-refractivity contribution in [2.24, 2.45) is 0 Å². The molecular weight excluding hydrogens is 298 g/mol. The summed E-state index contributed by atoms with van der Waals surface area (Å²) in [6, 6.07) is 3.57. The molecule has 0 spiro atoms. The monoisotopic (exact) mass is 321 g/mol. The Kier molecular flexibility index (Phi) is 5.60. The Balaban J connectivity index is 2.10. The molecule has 0 bridgehead atoms. The van der Waals surface area contributed by atoms with Gasteiger partial charge in [0.15, 0.2) is 6.61 Å². The molecular formula is C17H23NO5. The molecule has 0 saturated carbocycles. The van der Waals surface area contributed by atoms with Gasteiger partial charge < -0.3 is 14.6 Å². The lowest BCUT2D eigenvalue weighted by Crippen LogP contribution is -2.35. The molecule has 1 heterocycles. The van der Waals surface area contributed by atoms with Gasteiger partial charge in [-0.1, -0.05) is 12.1 Å². The SMILES string of the molecule is COC(=O)COc1c(C)cc(CN2CCC[C@H]2C(=O)O)cc1C. The van der Waals surface area contributed by atoms with Crippen LogP contribution >= 0.6 is 0 Å². The second kappa shape index (κ2) is 7.46. The molecule has 1 aliphatic heterocycles. The van der Waals surface area contributed by atoms with Gasteiger partial charge in [-0.25, -0.2) is 4.79 Å². The van der Waals surface area contributed by atoms with Crippen molar-refractivity contribution in [2.75, 3.05) is 20.3 Å². The van der Waals surface area contributed by atoms with E-state index in [1.54, 1.807) is 0 Å². The average molecular weight is 321 g/mol. The maximum Gasteiger partial charge on any atom is 0.343 e. The van der Waals surface area contributed by atoms with Gasteiger partial charge in [0.25, 0.3) is 0 Å². The van der Waals surface area contributed by atoms with Crippen LogP contribution in [0.4, 0.5) is 0 Å². The zero-order valence-electron chi connectivity index (χ0n) is 13.8. The number of nitrogens with zero attached hydrogens (tertiary/aromatic N) is 1. The molecule has 1 N–H and O–H groups in total. The van der Waals surface area contributed by atoms with Crippen LogP contribution in [0.5, 0.6) is 5.75 Å². The fourth-order valence-corrected chi connectivity index (χ4v) is 3.08. The Bertz CT molecular complexity index is 576. The highest BCUT2D eigenvalue weighted by Crippen LogP contribution is 2.27. The van der Waals surface area contributed by atoms with Gasteiger partial charge in [-0.2, -0.15) is 0 Å². The fraction of sp³-hybridized carbons (Fsp3) is 0.529. The number of carbonyl (C=O) groups is 2. The van der Waals surface area contributed by atoms with Gasteiger partial charge in [0.2, 0.25) is 0 Å². The van der Waals surface area contributed by atoms with Crippen LogP contribution in [0.2, 0.25) is 0 Å². The van der Waals surface area contributed by atoms with Crippen LogP contribution in [0, 0.1) is 13.8 Å². The molecule has 126 valence electrons. The lowest BCUT2D eigenvalue weighted by Gasteiger charge is -2.22. The number of carboxylic acids is 1. The molecule has 0 amide bonds. The molecule has 6 nitrogen and oxygen atoms in total. The van der Waals surface area contributed by atoms with Crippen LogP contribution in [-0.2, 0) is 20.9 Å². The Labute approximate surface area is 136 Å². The van der Waals surface area contributed by atoms with Crippen molar-refractivity contribution < 1.29 is 24.2 Å². The van der Waals surface area contributed by atoms with E-state index in [4.69, 9.17) is 4.74 Å². The zero-order valence-corrected chi connectivity index (χ0v) is 13.8. The fourth-order valence-electron chi connectivity index (χ4n) is 3.08. The molecule has 0 radical (unpaired) electrons. The molecule has 0 unspecified atom stereocenters. The third-order valence-corrected chi connectivity index (χ3v) is 4.12. The molecule has 1 aliphatic rings. The van der Waals surface area contributed by atoms with Crippen molar-refractivity contribution in [1.29, 1.82) is 0 Å². The van der Waals surface area contributed by atoms with Gasteiger partial charge >= 0.3 is 11.9 Å². The van der Waals surface area contributed by atoms with E-state index < -0.39 is 18.0 Å². The minimum absolute atomic E-state index is 0.120. The predicted molar refractivity (Wildman–Crippen MR) is 84.5 cm³/mol. The van der Waals surface area contributed by atoms with E-state index in [1.807, 2.05) is 30.9 Å². The van der Waals surface area contributed by atoms with Crippen molar-refractivity contribution in [3.05, 3.63) is 28.8 Å². The van der Waals surface area contributed by atoms with E-state index in [9.17, 15) is 14.7 Å². The average Bonchev–Trinajstić information content (AvgIpc) is 2.94. The summed E-state index contributed by atoms with van der Waals surface area (Å²) in [6.07, 6.45) is 1.61. The van der Waals surface area contributed by atoms with Crippen LogP contribution in [0.1, 0.15) is 29.5 Å². The van der Waals surface area contributed by atoms with Gasteiger partial charge in [-0.05, 0) is 49.9 Å². The molecule has 1 aromatic rings. The summed E-state index contributed by atoms with van der Waals surface area (Å²) in [7, 11) is 1.32. The Morgan fingerprint density at radius 3 is 2.52 bits per heavy atom. The zero-order chi connectivity index (χ0) is 17.0. The third-order valence-electron chi connectivity index (χ3n) is 4.12. The highest BCUT2D eigenvalue weighted by Gasteiger charge is 2.30. The van der Waals surface area contributed by atoms with E-state index in [0.29, 0.717) is 18.7 Å². The molecule has 1 saturated heterocycles. The molecule has 0 aromatic heterocycles. The van der Waals surface area contributed by atoms with Crippen LogP contribution in [-0.4, -0.2) is 48.2 Å². The van der Waals surface area contributed by atoms with Crippen LogP contribution in [0.15, 0.2) is 12.1 Å². The largest absolute Gasteiger partial charge is 0.481 e. The Morgan fingerprint density at radius 1 is 1.30 bits per heavy atom. The number of esters is 1. The smallest absolute Gasteiger partial charge is 0.343 e. The predicted octanol–water partition coefficient (Wildman–Crippen LogP) is 1.90. The number of likely N-dealkylation sites (tertiary alicyclic amines) is 1. The number of aliphatic carboxylic acids is 1. The lowest BCUT2D eigenvalue weighted by atomic mass is 10.0. The van der Waals surface area contributed by atoms with Gasteiger partial charge in [-0.3, -0.25) is 9.69 Å².